The van der Waals surface area contributed by atoms with Crippen molar-refractivity contribution in [2.45, 2.75) is 0 Å². The maximum absolute atomic E-state index is 4.90. The van der Waals surface area contributed by atoms with Crippen LogP contribution < -0.4 is 11.3 Å². The van der Waals surface area contributed by atoms with Crippen LogP contribution in [0.4, 0.5) is 0 Å². The molecule has 0 radical (unpaired) electrons. The van der Waals surface area contributed by atoms with Crippen molar-refractivity contribution in [3.8, 4) is 0 Å². The predicted octanol–water partition coefficient (Wildman–Crippen LogP) is -0.285. The number of nitrogens with two attached hydrogens (primary N) is 1. The lowest BCUT2D eigenvalue weighted by Gasteiger charge is -1.85. The van der Waals surface area contributed by atoms with Gasteiger partial charge in [0.05, 0.1) is 0 Å². The summed E-state index contributed by atoms with van der Waals surface area (Å²) in [5.74, 6) is 4.90. The van der Waals surface area contributed by atoms with E-state index in [0.29, 0.717) is 0 Å². The second kappa shape index (κ2) is 4.35. The molecular weight excluding hydrogens is 83.0 g/mol. The quantitative estimate of drug-likeness (QED) is 0.279. The predicted molar refractivity (Wildman–Crippen MR) is 26.4 cm³/mol. The van der Waals surface area contributed by atoms with E-state index in [9.17, 15) is 0 Å². The van der Waals surface area contributed by atoms with Crippen molar-refractivity contribution in [1.82, 2.24) is 5.43 Å². The molecule has 1 unspecified atom stereocenters. The first-order valence-electron chi connectivity index (χ1n) is 1.50. The average molecular weight is 92.1 g/mol. The Morgan fingerprint density at radius 2 is 2.60 bits per heavy atom. The molecule has 0 aliphatic rings. The molecule has 0 amide bonds. The summed E-state index contributed by atoms with van der Waals surface area (Å²) in [5, 5.41) is 0. The van der Waals surface area contributed by atoms with Crippen molar-refractivity contribution in [2.75, 3.05) is 13.0 Å². The molecule has 0 saturated heterocycles. The van der Waals surface area contributed by atoms with Gasteiger partial charge in [-0.15, -0.1) is 8.58 Å². The van der Waals surface area contributed by atoms with E-state index < -0.39 is 0 Å². The lowest BCUT2D eigenvalue weighted by Crippen LogP contribution is -2.19. The van der Waals surface area contributed by atoms with Gasteiger partial charge < -0.3 is 0 Å². The summed E-state index contributed by atoms with van der Waals surface area (Å²) >= 11 is 0. The zero-order chi connectivity index (χ0) is 4.12. The second-order valence-corrected chi connectivity index (χ2v) is 1.80. The van der Waals surface area contributed by atoms with Crippen molar-refractivity contribution in [2.24, 2.45) is 5.84 Å². The van der Waals surface area contributed by atoms with E-state index in [0.717, 1.165) is 14.9 Å². The summed E-state index contributed by atoms with van der Waals surface area (Å²) in [7, 11) is 0.922. The smallest absolute Gasteiger partial charge is 0.0266 e. The van der Waals surface area contributed by atoms with Crippen LogP contribution in [-0.4, -0.2) is 13.0 Å². The van der Waals surface area contributed by atoms with Gasteiger partial charge in [0, 0.05) is 6.29 Å². The highest BCUT2D eigenvalue weighted by atomic mass is 31.1. The largest absolute Gasteiger partial charge is 0.271 e. The summed E-state index contributed by atoms with van der Waals surface area (Å²) in [6.07, 6.45) is 0.944. The van der Waals surface area contributed by atoms with E-state index in [1.807, 2.05) is 0 Å². The van der Waals surface area contributed by atoms with E-state index in [-0.39, 0.29) is 0 Å². The third-order valence-electron chi connectivity index (χ3n) is 0.279. The van der Waals surface area contributed by atoms with Crippen LogP contribution in [0, 0.1) is 0 Å². The summed E-state index contributed by atoms with van der Waals surface area (Å²) in [6.45, 7) is 2.10. The average Bonchev–Trinajstić information content (AvgIpc) is 1.41. The summed E-state index contributed by atoms with van der Waals surface area (Å²) < 4.78 is 0. The Hall–Kier alpha value is 0.350. The summed E-state index contributed by atoms with van der Waals surface area (Å²) in [6, 6.07) is 0. The lowest BCUT2D eigenvalue weighted by atomic mass is 11.5. The number of rotatable bonds is 2. The van der Waals surface area contributed by atoms with Crippen LogP contribution >= 0.6 is 8.58 Å². The number of hydrogen-bond donors (Lipinski definition) is 2. The molecular formula is C2H9N2P. The van der Waals surface area contributed by atoms with Gasteiger partial charge in [0.25, 0.3) is 0 Å². The van der Waals surface area contributed by atoms with Crippen molar-refractivity contribution in [1.29, 1.82) is 0 Å². The van der Waals surface area contributed by atoms with E-state index in [4.69, 9.17) is 5.84 Å². The molecule has 0 aromatic carbocycles. The highest BCUT2D eigenvalue weighted by Crippen LogP contribution is 1.92. The van der Waals surface area contributed by atoms with Gasteiger partial charge in [-0.1, -0.05) is 0 Å². The molecule has 3 heteroatoms. The topological polar surface area (TPSA) is 38.0 Å². The molecule has 2 nitrogen and oxygen atoms in total. The molecule has 0 bridgehead atoms. The van der Waals surface area contributed by atoms with Crippen LogP contribution in [-0.2, 0) is 0 Å². The molecule has 0 aliphatic heterocycles. The molecule has 32 valence electrons. The minimum atomic E-state index is 0.922. The molecule has 0 aromatic rings. The molecule has 0 aromatic heterocycles. The van der Waals surface area contributed by atoms with Crippen molar-refractivity contribution >= 4 is 8.58 Å². The van der Waals surface area contributed by atoms with Gasteiger partial charge in [-0.3, -0.25) is 11.3 Å². The fraction of sp³-hybridized carbons (Fsp3) is 1.00. The monoisotopic (exact) mass is 92.1 g/mol. The maximum Gasteiger partial charge on any atom is 0.0266 e. The van der Waals surface area contributed by atoms with Gasteiger partial charge in [0.2, 0.25) is 0 Å². The first-order valence-corrected chi connectivity index (χ1v) is 3.20. The Morgan fingerprint density at radius 1 is 2.00 bits per heavy atom. The molecule has 0 aliphatic carbocycles. The first kappa shape index (κ1) is 5.35. The minimum absolute atomic E-state index is 0.922. The standard InChI is InChI=1S/C2H9N2P/c1-5-2-4-3/h4-5H,2-3H2,1H3. The zero-order valence-electron chi connectivity index (χ0n) is 3.28. The fourth-order valence-corrected chi connectivity index (χ4v) is 0.306. The molecule has 0 rings (SSSR count). The Labute approximate surface area is 33.9 Å². The highest BCUT2D eigenvalue weighted by Gasteiger charge is 1.63. The Bertz CT molecular complexity index is 15.1. The molecule has 0 saturated carbocycles. The molecule has 0 spiro atoms. The first-order chi connectivity index (χ1) is 2.41. The third kappa shape index (κ3) is 4.35. The zero-order valence-corrected chi connectivity index (χ0v) is 4.28. The van der Waals surface area contributed by atoms with Gasteiger partial charge >= 0.3 is 0 Å². The van der Waals surface area contributed by atoms with Crippen LogP contribution in [0.1, 0.15) is 0 Å². The van der Waals surface area contributed by atoms with E-state index in [1.165, 1.54) is 0 Å². The fourth-order valence-electron chi connectivity index (χ4n) is 0.102. The molecule has 5 heavy (non-hydrogen) atoms. The minimum Gasteiger partial charge on any atom is -0.271 e. The molecule has 0 heterocycles. The van der Waals surface area contributed by atoms with Gasteiger partial charge in [-0.05, 0) is 6.66 Å². The Kier molecular flexibility index (Phi) is 4.65. The maximum atomic E-state index is 4.90. The molecule has 0 fully saturated rings. The van der Waals surface area contributed by atoms with Crippen molar-refractivity contribution in [3.05, 3.63) is 0 Å². The van der Waals surface area contributed by atoms with E-state index in [1.54, 1.807) is 0 Å². The van der Waals surface area contributed by atoms with E-state index >= 15 is 0 Å². The number of hydrogen-bond acceptors (Lipinski definition) is 2. The molecule has 3 N–H and O–H groups in total. The summed E-state index contributed by atoms with van der Waals surface area (Å²) in [5.41, 5.74) is 2.53. The van der Waals surface area contributed by atoms with Gasteiger partial charge in [-0.25, -0.2) is 0 Å². The van der Waals surface area contributed by atoms with Gasteiger partial charge in [-0.2, -0.15) is 0 Å². The SMILES string of the molecule is CPCNN. The lowest BCUT2D eigenvalue weighted by molar-refractivity contribution is 0.869. The third-order valence-corrected chi connectivity index (χ3v) is 0.837. The normalized spacial score (nSPS) is 10.8. The second-order valence-electron chi connectivity index (χ2n) is 0.734. The summed E-state index contributed by atoms with van der Waals surface area (Å²) in [4.78, 5) is 0. The Morgan fingerprint density at radius 3 is 2.60 bits per heavy atom. The highest BCUT2D eigenvalue weighted by molar-refractivity contribution is 7.36. The van der Waals surface area contributed by atoms with E-state index in [2.05, 4.69) is 12.1 Å². The van der Waals surface area contributed by atoms with Crippen LogP contribution in [0.15, 0.2) is 0 Å². The van der Waals surface area contributed by atoms with Gasteiger partial charge in [0.1, 0.15) is 0 Å². The van der Waals surface area contributed by atoms with Crippen LogP contribution in [0.25, 0.3) is 0 Å². The van der Waals surface area contributed by atoms with Crippen molar-refractivity contribution < 1.29 is 0 Å². The van der Waals surface area contributed by atoms with Gasteiger partial charge in [0.15, 0.2) is 0 Å². The van der Waals surface area contributed by atoms with Crippen molar-refractivity contribution in [3.63, 3.8) is 0 Å². The van der Waals surface area contributed by atoms with Crippen LogP contribution in [0.3, 0.4) is 0 Å². The number of hydrazine groups is 1. The number of nitrogens with one attached hydrogen (secondary N) is 1. The Balaban J connectivity index is 2.19. The van der Waals surface area contributed by atoms with Crippen LogP contribution in [0.5, 0.6) is 0 Å². The van der Waals surface area contributed by atoms with Crippen LogP contribution in [0.2, 0.25) is 0 Å². The molecule has 1 atom stereocenters.